The number of amides is 1. The van der Waals surface area contributed by atoms with Crippen LogP contribution >= 0.6 is 11.8 Å². The third kappa shape index (κ3) is 14.1. The summed E-state index contributed by atoms with van der Waals surface area (Å²) in [5.41, 5.74) is 4.23. The summed E-state index contributed by atoms with van der Waals surface area (Å²) in [7, 11) is 0. The fourth-order valence-corrected chi connectivity index (χ4v) is 2.99. The maximum Gasteiger partial charge on any atom is 0.307 e. The molecule has 0 rings (SSSR count). The summed E-state index contributed by atoms with van der Waals surface area (Å²) in [5.74, 6) is 1.38. The van der Waals surface area contributed by atoms with Crippen molar-refractivity contribution >= 4 is 17.7 Å². The topological polar surface area (TPSA) is 33.5 Å². The Hall–Kier alpha value is -1.47. The largest absolute Gasteiger partial charge is 0.307 e. The second-order valence-electron chi connectivity index (χ2n) is 6.34. The Balaban J connectivity index is 3.97. The number of thioether (sulfide) groups is 1. The van der Waals surface area contributed by atoms with E-state index in [-0.39, 0.29) is 5.91 Å². The zero-order chi connectivity index (χ0) is 18.4. The maximum absolute atomic E-state index is 10.9. The van der Waals surface area contributed by atoms with Crippen molar-refractivity contribution in [3.05, 3.63) is 46.4 Å². The lowest BCUT2D eigenvalue weighted by Crippen LogP contribution is -2.32. The summed E-state index contributed by atoms with van der Waals surface area (Å²) in [6, 6.07) is 0. The van der Waals surface area contributed by atoms with Gasteiger partial charge < -0.3 is 0 Å². The van der Waals surface area contributed by atoms with Crippen molar-refractivity contribution in [1.29, 1.82) is 0 Å². The van der Waals surface area contributed by atoms with Gasteiger partial charge in [0.2, 0.25) is 5.91 Å². The third-order valence-corrected chi connectivity index (χ3v) is 4.43. The number of rotatable bonds is 11. The van der Waals surface area contributed by atoms with Gasteiger partial charge >= 0.3 is 6.17 Å². The number of hydrogen-bond acceptors (Lipinski definition) is 2. The van der Waals surface area contributed by atoms with E-state index < -0.39 is 6.17 Å². The van der Waals surface area contributed by atoms with Crippen molar-refractivity contribution in [3.63, 3.8) is 0 Å². The highest BCUT2D eigenvalue weighted by atomic mass is 32.2. The quantitative estimate of drug-likeness (QED) is 0.303. The first kappa shape index (κ1) is 22.5. The molecule has 0 aromatic carbocycles. The van der Waals surface area contributed by atoms with Crippen molar-refractivity contribution in [2.45, 2.75) is 66.5 Å². The Kier molecular flexibility index (Phi) is 13.1. The molecule has 3 nitrogen and oxygen atoms in total. The van der Waals surface area contributed by atoms with E-state index in [1.165, 1.54) is 23.6 Å². The van der Waals surface area contributed by atoms with Gasteiger partial charge in [0.1, 0.15) is 0 Å². The lowest BCUT2D eigenvalue weighted by atomic mass is 10.1. The summed E-state index contributed by atoms with van der Waals surface area (Å²) in [5, 5.41) is 2.64. The van der Waals surface area contributed by atoms with Gasteiger partial charge in [0.05, 0.1) is 5.75 Å². The van der Waals surface area contributed by atoms with Crippen molar-refractivity contribution in [2.24, 2.45) is 0 Å². The molecule has 0 aliphatic heterocycles. The zero-order valence-corrected chi connectivity index (χ0v) is 16.6. The number of hydrogen-bond donors (Lipinski definition) is 1. The molecule has 0 heterocycles. The second kappa shape index (κ2) is 13.9. The molecule has 1 N–H and O–H groups in total. The molecule has 134 valence electrons. The Morgan fingerprint density at radius 3 is 2.17 bits per heavy atom. The molecule has 0 unspecified atom stereocenters. The average molecular weight is 349 g/mol. The first-order valence-corrected chi connectivity index (χ1v) is 9.66. The van der Waals surface area contributed by atoms with Gasteiger partial charge in [-0.25, -0.2) is 6.57 Å². The average Bonchev–Trinajstić information content (AvgIpc) is 2.49. The van der Waals surface area contributed by atoms with E-state index >= 15 is 0 Å². The van der Waals surface area contributed by atoms with E-state index in [9.17, 15) is 4.79 Å². The van der Waals surface area contributed by atoms with Crippen molar-refractivity contribution in [1.82, 2.24) is 5.32 Å². The van der Waals surface area contributed by atoms with Gasteiger partial charge in [-0.3, -0.25) is 15.0 Å². The molecular formula is C20H32N2OS. The normalized spacial score (nSPS) is 13.2. The molecule has 0 aliphatic carbocycles. The van der Waals surface area contributed by atoms with Gasteiger partial charge in [-0.15, -0.1) is 11.8 Å². The molecular weight excluding hydrogens is 316 g/mol. The molecule has 0 saturated carbocycles. The number of carbonyl (C=O) groups is 1. The molecule has 4 heteroatoms. The number of allylic oxidation sites excluding steroid dienone is 5. The van der Waals surface area contributed by atoms with Crippen LogP contribution < -0.4 is 5.32 Å². The van der Waals surface area contributed by atoms with E-state index in [1.54, 1.807) is 11.8 Å². The molecule has 0 spiro atoms. The summed E-state index contributed by atoms with van der Waals surface area (Å²) in [4.78, 5) is 14.4. The van der Waals surface area contributed by atoms with Crippen LogP contribution in [0.1, 0.15) is 60.3 Å². The van der Waals surface area contributed by atoms with Gasteiger partial charge in [0.15, 0.2) is 0 Å². The van der Waals surface area contributed by atoms with Crippen LogP contribution in [-0.2, 0) is 4.79 Å². The Morgan fingerprint density at radius 2 is 1.62 bits per heavy atom. The highest BCUT2D eigenvalue weighted by Crippen LogP contribution is 2.13. The van der Waals surface area contributed by atoms with Crippen LogP contribution in [0.4, 0.5) is 0 Å². The summed E-state index contributed by atoms with van der Waals surface area (Å²) < 4.78 is 0. The molecule has 1 amide bonds. The van der Waals surface area contributed by atoms with Gasteiger partial charge in [-0.1, -0.05) is 34.9 Å². The highest BCUT2D eigenvalue weighted by molar-refractivity contribution is 7.99. The first-order chi connectivity index (χ1) is 11.3. The highest BCUT2D eigenvalue weighted by Gasteiger charge is 2.12. The van der Waals surface area contributed by atoms with Gasteiger partial charge in [-0.05, 0) is 53.4 Å². The van der Waals surface area contributed by atoms with Crippen LogP contribution in [0.15, 0.2) is 34.9 Å². The van der Waals surface area contributed by atoms with Crippen LogP contribution in [0, 0.1) is 6.57 Å². The van der Waals surface area contributed by atoms with Gasteiger partial charge in [0.25, 0.3) is 0 Å². The maximum atomic E-state index is 10.9. The van der Waals surface area contributed by atoms with E-state index in [0.717, 1.165) is 31.4 Å². The monoisotopic (exact) mass is 348 g/mol. The predicted molar refractivity (Wildman–Crippen MR) is 107 cm³/mol. The molecule has 24 heavy (non-hydrogen) atoms. The van der Waals surface area contributed by atoms with Gasteiger partial charge in [0, 0.05) is 12.7 Å². The number of carbonyl (C=O) groups excluding carboxylic acids is 1. The molecule has 0 saturated heterocycles. The number of nitrogens with one attached hydrogen (secondary N) is 1. The molecule has 1 atom stereocenters. The fraction of sp³-hybridized carbons (Fsp3) is 0.600. The third-order valence-electron chi connectivity index (χ3n) is 3.47. The van der Waals surface area contributed by atoms with E-state index in [1.807, 2.05) is 0 Å². The SMILES string of the molecule is [C-]#[N+][C@@H](CSCC=C(C)CCC=C(C)CCC=C(C)C)NC(C)=O. The van der Waals surface area contributed by atoms with Crippen LogP contribution in [0.3, 0.4) is 0 Å². The first-order valence-electron chi connectivity index (χ1n) is 8.51. The lowest BCUT2D eigenvalue weighted by Gasteiger charge is -2.05. The smallest absolute Gasteiger partial charge is 0.289 e. The minimum atomic E-state index is -0.410. The van der Waals surface area contributed by atoms with E-state index in [0.29, 0.717) is 5.75 Å². The van der Waals surface area contributed by atoms with Gasteiger partial charge in [-0.2, -0.15) is 0 Å². The van der Waals surface area contributed by atoms with Crippen molar-refractivity contribution < 1.29 is 4.79 Å². The molecule has 0 aromatic rings. The minimum absolute atomic E-state index is 0.143. The molecule has 0 radical (unpaired) electrons. The Morgan fingerprint density at radius 1 is 1.04 bits per heavy atom. The predicted octanol–water partition coefficient (Wildman–Crippen LogP) is 5.52. The van der Waals surface area contributed by atoms with E-state index in [2.05, 4.69) is 56.1 Å². The van der Waals surface area contributed by atoms with Crippen LogP contribution in [0.25, 0.3) is 4.85 Å². The lowest BCUT2D eigenvalue weighted by molar-refractivity contribution is -0.119. The fourth-order valence-electron chi connectivity index (χ4n) is 2.07. The zero-order valence-electron chi connectivity index (χ0n) is 15.8. The van der Waals surface area contributed by atoms with E-state index in [4.69, 9.17) is 6.57 Å². The Bertz CT molecular complexity index is 508. The minimum Gasteiger partial charge on any atom is -0.289 e. The van der Waals surface area contributed by atoms with Crippen molar-refractivity contribution in [2.75, 3.05) is 11.5 Å². The van der Waals surface area contributed by atoms with Crippen LogP contribution in [0.2, 0.25) is 0 Å². The standard InChI is InChI=1S/C20H32N2OS/c1-16(2)9-7-10-17(3)11-8-12-18(4)13-14-24-15-20(21-6)22-19(5)23/h9,11,13,20H,7-8,10,12,14-15H2,1-5H3,(H,22,23)/t20-/m1/s1. The Labute approximate surface area is 152 Å². The van der Waals surface area contributed by atoms with Crippen LogP contribution in [-0.4, -0.2) is 23.6 Å². The summed E-state index contributed by atoms with van der Waals surface area (Å²) >= 11 is 1.68. The summed E-state index contributed by atoms with van der Waals surface area (Å²) in [6.45, 7) is 17.1. The molecule has 0 aromatic heterocycles. The molecule has 0 bridgehead atoms. The van der Waals surface area contributed by atoms with Crippen LogP contribution in [0.5, 0.6) is 0 Å². The second-order valence-corrected chi connectivity index (χ2v) is 7.42. The molecule has 0 fully saturated rings. The van der Waals surface area contributed by atoms with Crippen molar-refractivity contribution in [3.8, 4) is 0 Å². The summed E-state index contributed by atoms with van der Waals surface area (Å²) in [6.07, 6.45) is 10.9. The molecule has 0 aliphatic rings. The number of nitrogens with zero attached hydrogens (tertiary/aromatic N) is 1.